The van der Waals surface area contributed by atoms with Crippen LogP contribution in [0.1, 0.15) is 20.8 Å². The Hall–Kier alpha value is -2.65. The molecule has 0 fully saturated rings. The van der Waals surface area contributed by atoms with Crippen LogP contribution >= 0.6 is 11.3 Å². The van der Waals surface area contributed by atoms with Gasteiger partial charge in [0.25, 0.3) is 5.91 Å². The van der Waals surface area contributed by atoms with Gasteiger partial charge in [-0.25, -0.2) is 0 Å². The van der Waals surface area contributed by atoms with E-state index in [0.29, 0.717) is 4.88 Å². The minimum absolute atomic E-state index is 0.00210. The first-order chi connectivity index (χ1) is 13.3. The number of rotatable bonds is 6. The highest BCUT2D eigenvalue weighted by atomic mass is 32.1. The number of nitrogens with zero attached hydrogens (tertiary/aromatic N) is 2. The molecule has 0 saturated carbocycles. The molecule has 2 heterocycles. The van der Waals surface area contributed by atoms with Gasteiger partial charge in [0, 0.05) is 36.8 Å². The zero-order valence-corrected chi connectivity index (χ0v) is 15.8. The summed E-state index contributed by atoms with van der Waals surface area (Å²) in [5.41, 5.74) is 6.81. The number of nitrogens with two attached hydrogens (primary N) is 1. The van der Waals surface area contributed by atoms with Crippen LogP contribution in [-0.2, 0) is 19.6 Å². The third-order valence-corrected chi connectivity index (χ3v) is 5.28. The Bertz CT molecular complexity index is 964. The van der Waals surface area contributed by atoms with E-state index in [1.54, 1.807) is 30.1 Å². The monoisotopic (exact) mass is 408 g/mol. The summed E-state index contributed by atoms with van der Waals surface area (Å²) in [5.74, 6) is -0.363. The number of aryl methyl sites for hydroxylation is 1. The largest absolute Gasteiger partial charge is 0.416 e. The van der Waals surface area contributed by atoms with Gasteiger partial charge in [0.15, 0.2) is 0 Å². The number of benzene rings is 1. The van der Waals surface area contributed by atoms with Crippen molar-refractivity contribution >= 4 is 17.2 Å². The Balaban J connectivity index is 1.73. The van der Waals surface area contributed by atoms with Crippen LogP contribution < -0.4 is 11.1 Å². The highest BCUT2D eigenvalue weighted by Gasteiger charge is 2.33. The summed E-state index contributed by atoms with van der Waals surface area (Å²) in [6.45, 7) is 0.0257. The topological polar surface area (TPSA) is 72.9 Å². The smallest absolute Gasteiger partial charge is 0.347 e. The van der Waals surface area contributed by atoms with Gasteiger partial charge < -0.3 is 11.1 Å². The molecule has 0 aliphatic heterocycles. The van der Waals surface area contributed by atoms with E-state index in [9.17, 15) is 18.0 Å². The first kappa shape index (κ1) is 20.1. The Morgan fingerprint density at radius 1 is 1.32 bits per heavy atom. The van der Waals surface area contributed by atoms with Gasteiger partial charge in [-0.05, 0) is 30.2 Å². The summed E-state index contributed by atoms with van der Waals surface area (Å²) in [4.78, 5) is 13.0. The van der Waals surface area contributed by atoms with Gasteiger partial charge in [0.2, 0.25) is 0 Å². The van der Waals surface area contributed by atoms with Crippen LogP contribution in [0.5, 0.6) is 0 Å². The maximum atomic E-state index is 13.2. The van der Waals surface area contributed by atoms with Crippen molar-refractivity contribution in [2.45, 2.75) is 18.6 Å². The summed E-state index contributed by atoms with van der Waals surface area (Å²) in [7, 11) is 1.80. The molecule has 0 saturated heterocycles. The highest BCUT2D eigenvalue weighted by molar-refractivity contribution is 7.12. The summed E-state index contributed by atoms with van der Waals surface area (Å²) >= 11 is 1.26. The molecule has 0 radical (unpaired) electrons. The molecule has 2 aromatic heterocycles. The van der Waals surface area contributed by atoms with Gasteiger partial charge in [0.1, 0.15) is 0 Å². The van der Waals surface area contributed by atoms with Crippen molar-refractivity contribution in [3.05, 3.63) is 64.0 Å². The van der Waals surface area contributed by atoms with Crippen molar-refractivity contribution < 1.29 is 18.0 Å². The van der Waals surface area contributed by atoms with Crippen molar-refractivity contribution in [1.82, 2.24) is 15.1 Å². The van der Waals surface area contributed by atoms with Crippen molar-refractivity contribution in [3.63, 3.8) is 0 Å². The van der Waals surface area contributed by atoms with Crippen molar-refractivity contribution in [1.29, 1.82) is 0 Å². The van der Waals surface area contributed by atoms with E-state index in [-0.39, 0.29) is 24.4 Å². The van der Waals surface area contributed by atoms with E-state index in [0.717, 1.165) is 17.3 Å². The summed E-state index contributed by atoms with van der Waals surface area (Å²) in [6.07, 6.45) is -2.79. The second-order valence-electron chi connectivity index (χ2n) is 6.30. The van der Waals surface area contributed by atoms with Crippen LogP contribution in [0.15, 0.2) is 48.0 Å². The molecule has 3 N–H and O–H groups in total. The maximum Gasteiger partial charge on any atom is 0.416 e. The Labute approximate surface area is 164 Å². The average molecular weight is 408 g/mol. The molecule has 0 bridgehead atoms. The van der Waals surface area contributed by atoms with Gasteiger partial charge in [-0.15, -0.1) is 11.3 Å². The number of carbonyl (C=O) groups is 1. The number of carbonyl (C=O) groups excluding carboxylic acids is 1. The van der Waals surface area contributed by atoms with Crippen molar-refractivity contribution in [3.8, 4) is 11.3 Å². The van der Waals surface area contributed by atoms with Gasteiger partial charge in [-0.1, -0.05) is 18.2 Å². The van der Waals surface area contributed by atoms with Crippen LogP contribution in [0.3, 0.4) is 0 Å². The van der Waals surface area contributed by atoms with Gasteiger partial charge in [-0.2, -0.15) is 18.3 Å². The molecule has 3 aromatic rings. The zero-order valence-electron chi connectivity index (χ0n) is 15.0. The number of alkyl halides is 3. The fourth-order valence-corrected chi connectivity index (χ4v) is 3.74. The summed E-state index contributed by atoms with van der Waals surface area (Å²) in [5, 5.41) is 8.67. The molecule has 0 spiro atoms. The zero-order chi connectivity index (χ0) is 20.3. The summed E-state index contributed by atoms with van der Waals surface area (Å²) in [6, 6.07) is 8.27. The average Bonchev–Trinajstić information content (AvgIpc) is 3.29. The third-order valence-electron chi connectivity index (χ3n) is 4.35. The summed E-state index contributed by atoms with van der Waals surface area (Å²) < 4.78 is 41.2. The molecule has 148 valence electrons. The van der Waals surface area contributed by atoms with E-state index in [4.69, 9.17) is 5.73 Å². The lowest BCUT2D eigenvalue weighted by Gasteiger charge is -2.19. The first-order valence-corrected chi connectivity index (χ1v) is 9.40. The Kier molecular flexibility index (Phi) is 5.85. The normalized spacial score (nSPS) is 12.8. The number of hydrogen-bond donors (Lipinski definition) is 2. The number of amides is 1. The molecule has 0 unspecified atom stereocenters. The molecule has 0 aliphatic carbocycles. The fourth-order valence-electron chi connectivity index (χ4n) is 2.94. The van der Waals surface area contributed by atoms with E-state index >= 15 is 0 Å². The molecular formula is C19H19F3N4OS. The fraction of sp³-hybridized carbons (Fsp3) is 0.263. The van der Waals surface area contributed by atoms with E-state index < -0.39 is 17.8 Å². The SMILES string of the molecule is Cn1nccc1-c1csc(C(=O)N[C@H](CN)Cc2ccccc2C(F)(F)F)c1. The standard InChI is InChI=1S/C19H19F3N4OS/c1-26-16(6-7-24-26)13-9-17(28-11-13)18(27)25-14(10-23)8-12-4-2-3-5-15(12)19(20,21)22/h2-7,9,11,14H,8,10,23H2,1H3,(H,25,27)/t14-/m0/s1. The third kappa shape index (κ3) is 4.42. The molecule has 28 heavy (non-hydrogen) atoms. The van der Waals surface area contributed by atoms with Crippen molar-refractivity contribution in [2.24, 2.45) is 12.8 Å². The highest BCUT2D eigenvalue weighted by Crippen LogP contribution is 2.32. The minimum atomic E-state index is -4.45. The molecule has 0 aliphatic rings. The van der Waals surface area contributed by atoms with Crippen LogP contribution in [0.25, 0.3) is 11.3 Å². The molecular weight excluding hydrogens is 389 g/mol. The Morgan fingerprint density at radius 3 is 2.71 bits per heavy atom. The molecule has 1 atom stereocenters. The van der Waals surface area contributed by atoms with Crippen molar-refractivity contribution in [2.75, 3.05) is 6.54 Å². The maximum absolute atomic E-state index is 13.2. The predicted molar refractivity (Wildman–Crippen MR) is 102 cm³/mol. The lowest BCUT2D eigenvalue weighted by molar-refractivity contribution is -0.138. The number of thiophene rings is 1. The predicted octanol–water partition coefficient (Wildman–Crippen LogP) is 3.47. The molecule has 3 rings (SSSR count). The number of aromatic nitrogens is 2. The van der Waals surface area contributed by atoms with Crippen LogP contribution in [0.4, 0.5) is 13.2 Å². The Morgan fingerprint density at radius 2 is 2.07 bits per heavy atom. The number of halogens is 3. The van der Waals surface area contributed by atoms with E-state index in [1.165, 1.54) is 23.5 Å². The van der Waals surface area contributed by atoms with Gasteiger partial charge >= 0.3 is 6.18 Å². The number of hydrogen-bond acceptors (Lipinski definition) is 4. The van der Waals surface area contributed by atoms with Gasteiger partial charge in [0.05, 0.1) is 16.1 Å². The molecule has 1 amide bonds. The van der Waals surface area contributed by atoms with Crippen LogP contribution in [0.2, 0.25) is 0 Å². The van der Waals surface area contributed by atoms with Crippen LogP contribution in [0, 0.1) is 0 Å². The molecule has 5 nitrogen and oxygen atoms in total. The second kappa shape index (κ2) is 8.15. The lowest BCUT2D eigenvalue weighted by Crippen LogP contribution is -2.41. The second-order valence-corrected chi connectivity index (χ2v) is 7.22. The van der Waals surface area contributed by atoms with E-state index in [2.05, 4.69) is 10.4 Å². The molecule has 9 heteroatoms. The van der Waals surface area contributed by atoms with Crippen LogP contribution in [-0.4, -0.2) is 28.3 Å². The number of nitrogens with one attached hydrogen (secondary N) is 1. The first-order valence-electron chi connectivity index (χ1n) is 8.52. The quantitative estimate of drug-likeness (QED) is 0.656. The van der Waals surface area contributed by atoms with E-state index in [1.807, 2.05) is 11.4 Å². The minimum Gasteiger partial charge on any atom is -0.347 e. The lowest BCUT2D eigenvalue weighted by atomic mass is 9.99. The van der Waals surface area contributed by atoms with Gasteiger partial charge in [-0.3, -0.25) is 9.48 Å². The molecule has 1 aromatic carbocycles.